The van der Waals surface area contributed by atoms with Gasteiger partial charge in [0.2, 0.25) is 0 Å². The smallest absolute Gasteiger partial charge is 0.324 e. The van der Waals surface area contributed by atoms with Crippen LogP contribution in [0.3, 0.4) is 0 Å². The number of hydrogen-bond acceptors (Lipinski definition) is 6. The number of rotatable bonds is 7. The first-order valence-electron chi connectivity index (χ1n) is 5.70. The highest BCUT2D eigenvalue weighted by Gasteiger charge is 2.66. The molecular formula is C12H18O6. The summed E-state index contributed by atoms with van der Waals surface area (Å²) in [5.41, 5.74) is -1.26. The van der Waals surface area contributed by atoms with Crippen LogP contribution in [0.1, 0.15) is 12.8 Å². The number of hydrogen-bond donors (Lipinski definition) is 2. The normalized spacial score (nSPS) is 27.2. The van der Waals surface area contributed by atoms with Crippen LogP contribution >= 0.6 is 0 Å². The minimum absolute atomic E-state index is 0.0524. The van der Waals surface area contributed by atoms with E-state index in [1.807, 2.05) is 0 Å². The summed E-state index contributed by atoms with van der Waals surface area (Å²) in [5, 5.41) is 17.7. The molecule has 0 radical (unpaired) electrons. The third-order valence-corrected chi connectivity index (χ3v) is 3.11. The average Bonchev–Trinajstić information content (AvgIpc) is 3.13. The largest absolute Gasteiger partial charge is 0.468 e. The van der Waals surface area contributed by atoms with Gasteiger partial charge < -0.3 is 19.7 Å². The van der Waals surface area contributed by atoms with Crippen LogP contribution in [0.2, 0.25) is 0 Å². The number of methoxy groups -OCH3 is 1. The molecule has 0 aromatic heterocycles. The quantitative estimate of drug-likeness (QED) is 0.368. The Kier molecular flexibility index (Phi) is 4.86. The Balaban J connectivity index is 2.53. The van der Waals surface area contributed by atoms with E-state index in [1.165, 1.54) is 13.2 Å². The maximum Gasteiger partial charge on any atom is 0.324 e. The fourth-order valence-electron chi connectivity index (χ4n) is 1.82. The van der Waals surface area contributed by atoms with E-state index in [-0.39, 0.29) is 18.9 Å². The maximum atomic E-state index is 11.9. The van der Waals surface area contributed by atoms with Gasteiger partial charge in [-0.25, -0.2) is 0 Å². The molecule has 3 atom stereocenters. The van der Waals surface area contributed by atoms with Crippen LogP contribution in [0, 0.1) is 11.3 Å². The van der Waals surface area contributed by atoms with E-state index in [0.717, 1.165) is 0 Å². The van der Waals surface area contributed by atoms with Crippen LogP contribution in [0.5, 0.6) is 0 Å². The van der Waals surface area contributed by atoms with Gasteiger partial charge in [0, 0.05) is 12.3 Å². The highest BCUT2D eigenvalue weighted by atomic mass is 16.6. The first kappa shape index (κ1) is 14.7. The lowest BCUT2D eigenvalue weighted by Crippen LogP contribution is -2.31. The fraction of sp³-hybridized carbons (Fsp3) is 0.667. The number of aliphatic hydroxyl groups is 2. The number of carbonyl (C=O) groups excluding carboxylic acids is 2. The Morgan fingerprint density at radius 2 is 2.22 bits per heavy atom. The number of allylic oxidation sites excluding steroid dienone is 1. The lowest BCUT2D eigenvalue weighted by Gasteiger charge is -2.14. The van der Waals surface area contributed by atoms with Crippen LogP contribution in [0.15, 0.2) is 12.7 Å². The van der Waals surface area contributed by atoms with E-state index >= 15 is 0 Å². The Bertz CT molecular complexity index is 339. The van der Waals surface area contributed by atoms with Gasteiger partial charge in [0.1, 0.15) is 0 Å². The zero-order chi connectivity index (χ0) is 13.8. The van der Waals surface area contributed by atoms with Crippen molar-refractivity contribution in [2.45, 2.75) is 18.9 Å². The van der Waals surface area contributed by atoms with Crippen molar-refractivity contribution in [3.63, 3.8) is 0 Å². The molecule has 0 aliphatic heterocycles. The first-order chi connectivity index (χ1) is 8.52. The van der Waals surface area contributed by atoms with Gasteiger partial charge in [0.15, 0.2) is 5.41 Å². The molecule has 0 amide bonds. The van der Waals surface area contributed by atoms with Crippen LogP contribution in [0.4, 0.5) is 0 Å². The SMILES string of the molecule is C=CC1CC1(C(=O)OC)C(=O)OCCC(O)CO. The number of carbonyl (C=O) groups is 2. The van der Waals surface area contributed by atoms with Crippen molar-refractivity contribution in [1.29, 1.82) is 0 Å². The van der Waals surface area contributed by atoms with Gasteiger partial charge in [-0.1, -0.05) is 6.08 Å². The van der Waals surface area contributed by atoms with Crippen molar-refractivity contribution in [3.05, 3.63) is 12.7 Å². The third-order valence-electron chi connectivity index (χ3n) is 3.11. The zero-order valence-electron chi connectivity index (χ0n) is 10.3. The van der Waals surface area contributed by atoms with Crippen LogP contribution < -0.4 is 0 Å². The molecule has 1 aliphatic carbocycles. The molecule has 0 saturated heterocycles. The van der Waals surface area contributed by atoms with Gasteiger partial charge in [0.25, 0.3) is 0 Å². The number of esters is 2. The second-order valence-electron chi connectivity index (χ2n) is 4.27. The minimum Gasteiger partial charge on any atom is -0.468 e. The predicted molar refractivity (Wildman–Crippen MR) is 61.4 cm³/mol. The lowest BCUT2D eigenvalue weighted by atomic mass is 10.0. The molecule has 3 unspecified atom stereocenters. The molecule has 0 heterocycles. The molecule has 1 fully saturated rings. The highest BCUT2D eigenvalue weighted by molar-refractivity contribution is 6.04. The summed E-state index contributed by atoms with van der Waals surface area (Å²) < 4.78 is 9.54. The molecule has 6 heteroatoms. The van der Waals surface area contributed by atoms with Crippen molar-refractivity contribution >= 4 is 11.9 Å². The minimum atomic E-state index is -1.26. The topological polar surface area (TPSA) is 93.1 Å². The molecule has 0 bridgehead atoms. The molecule has 1 rings (SSSR count). The second-order valence-corrected chi connectivity index (χ2v) is 4.27. The van der Waals surface area contributed by atoms with Crippen molar-refractivity contribution < 1.29 is 29.3 Å². The van der Waals surface area contributed by atoms with E-state index in [2.05, 4.69) is 11.3 Å². The molecule has 0 spiro atoms. The Morgan fingerprint density at radius 1 is 1.56 bits per heavy atom. The van der Waals surface area contributed by atoms with Crippen molar-refractivity contribution in [3.8, 4) is 0 Å². The summed E-state index contributed by atoms with van der Waals surface area (Å²) in [6.45, 7) is 3.10. The molecule has 0 aromatic rings. The van der Waals surface area contributed by atoms with E-state index in [0.29, 0.717) is 6.42 Å². The van der Waals surface area contributed by atoms with Gasteiger partial charge in [-0.3, -0.25) is 9.59 Å². The molecular weight excluding hydrogens is 240 g/mol. The van der Waals surface area contributed by atoms with Gasteiger partial charge >= 0.3 is 11.9 Å². The second kappa shape index (κ2) is 5.97. The maximum absolute atomic E-state index is 11.9. The summed E-state index contributed by atoms with van der Waals surface area (Å²) in [6.07, 6.45) is 1.06. The van der Waals surface area contributed by atoms with Crippen molar-refractivity contribution in [1.82, 2.24) is 0 Å². The Labute approximate surface area is 105 Å². The molecule has 102 valence electrons. The molecule has 18 heavy (non-hydrogen) atoms. The van der Waals surface area contributed by atoms with Crippen LogP contribution in [-0.2, 0) is 19.1 Å². The Hall–Kier alpha value is -1.40. The highest BCUT2D eigenvalue weighted by Crippen LogP contribution is 2.55. The van der Waals surface area contributed by atoms with E-state index in [9.17, 15) is 9.59 Å². The molecule has 0 aromatic carbocycles. The lowest BCUT2D eigenvalue weighted by molar-refractivity contribution is -0.164. The van der Waals surface area contributed by atoms with Crippen molar-refractivity contribution in [2.24, 2.45) is 11.3 Å². The standard InChI is InChI=1S/C12H18O6/c1-3-8-6-12(8,10(15)17-2)11(16)18-5-4-9(14)7-13/h3,8-9,13-14H,1,4-7H2,2H3. The fourth-order valence-corrected chi connectivity index (χ4v) is 1.82. The first-order valence-corrected chi connectivity index (χ1v) is 5.70. The molecule has 6 nitrogen and oxygen atoms in total. The third kappa shape index (κ3) is 2.70. The van der Waals surface area contributed by atoms with Gasteiger partial charge in [-0.05, 0) is 6.42 Å². The monoisotopic (exact) mass is 258 g/mol. The average molecular weight is 258 g/mol. The molecule has 1 aliphatic rings. The molecule has 1 saturated carbocycles. The van der Waals surface area contributed by atoms with E-state index in [4.69, 9.17) is 14.9 Å². The predicted octanol–water partition coefficient (Wildman–Crippen LogP) is -0.362. The van der Waals surface area contributed by atoms with Crippen LogP contribution in [0.25, 0.3) is 0 Å². The Morgan fingerprint density at radius 3 is 2.67 bits per heavy atom. The summed E-state index contributed by atoms with van der Waals surface area (Å²) in [7, 11) is 1.21. The van der Waals surface area contributed by atoms with E-state index < -0.39 is 30.1 Å². The van der Waals surface area contributed by atoms with Crippen molar-refractivity contribution in [2.75, 3.05) is 20.3 Å². The number of ether oxygens (including phenoxy) is 2. The number of aliphatic hydroxyl groups excluding tert-OH is 2. The van der Waals surface area contributed by atoms with E-state index in [1.54, 1.807) is 0 Å². The van der Waals surface area contributed by atoms with Gasteiger partial charge in [-0.15, -0.1) is 6.58 Å². The van der Waals surface area contributed by atoms with Gasteiger partial charge in [0.05, 0.1) is 26.4 Å². The summed E-state index contributed by atoms with van der Waals surface area (Å²) >= 11 is 0. The summed E-state index contributed by atoms with van der Waals surface area (Å²) in [6, 6.07) is 0. The van der Waals surface area contributed by atoms with Gasteiger partial charge in [-0.2, -0.15) is 0 Å². The zero-order valence-corrected chi connectivity index (χ0v) is 10.3. The van der Waals surface area contributed by atoms with Crippen LogP contribution in [-0.4, -0.2) is 48.6 Å². The summed E-state index contributed by atoms with van der Waals surface area (Å²) in [5.74, 6) is -1.55. The molecule has 2 N–H and O–H groups in total. The summed E-state index contributed by atoms with van der Waals surface area (Å²) in [4.78, 5) is 23.5.